The number of amides is 1. The molecule has 2 heterocycles. The second-order valence-electron chi connectivity index (χ2n) is 5.74. The monoisotopic (exact) mass is 442 g/mol. The zero-order chi connectivity index (χ0) is 17.8. The van der Waals surface area contributed by atoms with Crippen LogP contribution in [0.1, 0.15) is 0 Å². The molecule has 0 unspecified atom stereocenters. The van der Waals surface area contributed by atoms with Gasteiger partial charge in [-0.25, -0.2) is 4.98 Å². The minimum atomic E-state index is -0.120. The van der Waals surface area contributed by atoms with Crippen LogP contribution in [0.4, 0.5) is 11.5 Å². The van der Waals surface area contributed by atoms with E-state index in [1.165, 1.54) is 0 Å². The highest BCUT2D eigenvalue weighted by molar-refractivity contribution is 9.10. The summed E-state index contributed by atoms with van der Waals surface area (Å²) in [6, 6.07) is 9.12. The highest BCUT2D eigenvalue weighted by atomic mass is 79.9. The van der Waals surface area contributed by atoms with E-state index >= 15 is 0 Å². The number of nitrogens with one attached hydrogen (secondary N) is 1. The molecule has 1 fully saturated rings. The van der Waals surface area contributed by atoms with Crippen LogP contribution in [0.2, 0.25) is 10.0 Å². The quantitative estimate of drug-likeness (QED) is 0.778. The van der Waals surface area contributed by atoms with Crippen LogP contribution in [0.25, 0.3) is 0 Å². The maximum atomic E-state index is 12.3. The Hall–Kier alpha value is -1.34. The van der Waals surface area contributed by atoms with Crippen LogP contribution < -0.4 is 10.2 Å². The Bertz CT molecular complexity index is 729. The summed E-state index contributed by atoms with van der Waals surface area (Å²) in [7, 11) is 0. The molecule has 1 amide bonds. The number of hydrogen-bond donors (Lipinski definition) is 1. The molecule has 0 radical (unpaired) electrons. The molecule has 132 valence electrons. The predicted octanol–water partition coefficient (Wildman–Crippen LogP) is 3.91. The third-order valence-corrected chi connectivity index (χ3v) is 5.10. The standard InChI is InChI=1S/C17H17BrCl2N4O/c18-12-4-5-15(21-10-12)24-8-6-23(7-9-24)11-16(25)22-17-13(19)2-1-3-14(17)20/h1-5,10H,6-9,11H2,(H,22,25). The van der Waals surface area contributed by atoms with Crippen LogP contribution in [0.15, 0.2) is 41.0 Å². The Balaban J connectivity index is 1.52. The molecular formula is C17H17BrCl2N4O. The first-order chi connectivity index (χ1) is 12.0. The molecule has 1 saturated heterocycles. The zero-order valence-electron chi connectivity index (χ0n) is 13.4. The minimum Gasteiger partial charge on any atom is -0.354 e. The number of carbonyl (C=O) groups excluding carboxylic acids is 1. The molecule has 1 aliphatic rings. The van der Waals surface area contributed by atoms with Crippen LogP contribution in [-0.4, -0.2) is 48.5 Å². The maximum absolute atomic E-state index is 12.3. The second kappa shape index (κ2) is 8.36. The Kier molecular flexibility index (Phi) is 6.17. The molecule has 1 aromatic heterocycles. The van der Waals surface area contributed by atoms with Gasteiger partial charge >= 0.3 is 0 Å². The SMILES string of the molecule is O=C(CN1CCN(c2ccc(Br)cn2)CC1)Nc1c(Cl)cccc1Cl. The van der Waals surface area contributed by atoms with Crippen molar-refractivity contribution in [3.63, 3.8) is 0 Å². The molecule has 5 nitrogen and oxygen atoms in total. The molecule has 0 aliphatic carbocycles. The number of para-hydroxylation sites is 1. The Morgan fingerprint density at radius 3 is 2.40 bits per heavy atom. The summed E-state index contributed by atoms with van der Waals surface area (Å²) in [5.74, 6) is 0.834. The van der Waals surface area contributed by atoms with Gasteiger partial charge in [-0.15, -0.1) is 0 Å². The summed E-state index contributed by atoms with van der Waals surface area (Å²) in [4.78, 5) is 21.0. The molecule has 0 bridgehead atoms. The lowest BCUT2D eigenvalue weighted by atomic mass is 10.3. The van der Waals surface area contributed by atoms with E-state index in [9.17, 15) is 4.79 Å². The molecule has 1 aliphatic heterocycles. The molecule has 3 rings (SSSR count). The average molecular weight is 444 g/mol. The molecule has 0 spiro atoms. The first-order valence-corrected chi connectivity index (χ1v) is 9.40. The normalized spacial score (nSPS) is 15.2. The smallest absolute Gasteiger partial charge is 0.238 e. The molecule has 1 aromatic carbocycles. The van der Waals surface area contributed by atoms with Crippen molar-refractivity contribution in [3.05, 3.63) is 51.0 Å². The highest BCUT2D eigenvalue weighted by Gasteiger charge is 2.20. The van der Waals surface area contributed by atoms with E-state index in [-0.39, 0.29) is 5.91 Å². The summed E-state index contributed by atoms with van der Waals surface area (Å²) in [5, 5.41) is 3.67. The molecule has 2 aromatic rings. The number of pyridine rings is 1. The van der Waals surface area contributed by atoms with Gasteiger partial charge in [0.2, 0.25) is 5.91 Å². The number of rotatable bonds is 4. The fraction of sp³-hybridized carbons (Fsp3) is 0.294. The van der Waals surface area contributed by atoms with Crippen molar-refractivity contribution in [2.24, 2.45) is 0 Å². The number of carbonyl (C=O) groups is 1. The highest BCUT2D eigenvalue weighted by Crippen LogP contribution is 2.29. The van der Waals surface area contributed by atoms with E-state index in [0.29, 0.717) is 22.3 Å². The summed E-state index contributed by atoms with van der Waals surface area (Å²) in [6.07, 6.45) is 1.79. The van der Waals surface area contributed by atoms with E-state index in [1.54, 1.807) is 24.4 Å². The van der Waals surface area contributed by atoms with Crippen LogP contribution >= 0.6 is 39.1 Å². The van der Waals surface area contributed by atoms with Crippen molar-refractivity contribution in [2.75, 3.05) is 42.9 Å². The Morgan fingerprint density at radius 2 is 1.80 bits per heavy atom. The van der Waals surface area contributed by atoms with Gasteiger partial charge < -0.3 is 10.2 Å². The fourth-order valence-corrected chi connectivity index (χ4v) is 3.42. The fourth-order valence-electron chi connectivity index (χ4n) is 2.69. The number of halogens is 3. The van der Waals surface area contributed by atoms with Gasteiger partial charge in [0, 0.05) is 36.8 Å². The van der Waals surface area contributed by atoms with Crippen molar-refractivity contribution >= 4 is 56.5 Å². The summed E-state index contributed by atoms with van der Waals surface area (Å²) in [6.45, 7) is 3.55. The zero-order valence-corrected chi connectivity index (χ0v) is 16.5. The van der Waals surface area contributed by atoms with Crippen molar-refractivity contribution in [1.29, 1.82) is 0 Å². The van der Waals surface area contributed by atoms with E-state index in [1.807, 2.05) is 12.1 Å². The van der Waals surface area contributed by atoms with Gasteiger partial charge in [-0.05, 0) is 40.2 Å². The third kappa shape index (κ3) is 4.85. The molecular weight excluding hydrogens is 427 g/mol. The first-order valence-electron chi connectivity index (χ1n) is 7.85. The second-order valence-corrected chi connectivity index (χ2v) is 7.47. The number of aromatic nitrogens is 1. The molecule has 8 heteroatoms. The summed E-state index contributed by atoms with van der Waals surface area (Å²) < 4.78 is 0.963. The maximum Gasteiger partial charge on any atom is 0.238 e. The van der Waals surface area contributed by atoms with Crippen LogP contribution in [0.5, 0.6) is 0 Å². The van der Waals surface area contributed by atoms with E-state index in [4.69, 9.17) is 23.2 Å². The summed E-state index contributed by atoms with van der Waals surface area (Å²) >= 11 is 15.6. The van der Waals surface area contributed by atoms with Gasteiger partial charge in [0.1, 0.15) is 5.82 Å². The van der Waals surface area contributed by atoms with Crippen molar-refractivity contribution in [3.8, 4) is 0 Å². The van der Waals surface area contributed by atoms with Crippen molar-refractivity contribution < 1.29 is 4.79 Å². The van der Waals surface area contributed by atoms with Crippen molar-refractivity contribution in [2.45, 2.75) is 0 Å². The Morgan fingerprint density at radius 1 is 1.12 bits per heavy atom. The predicted molar refractivity (Wildman–Crippen MR) is 106 cm³/mol. The van der Waals surface area contributed by atoms with Gasteiger partial charge in [0.05, 0.1) is 22.3 Å². The number of benzene rings is 1. The lowest BCUT2D eigenvalue weighted by molar-refractivity contribution is -0.117. The molecule has 1 N–H and O–H groups in total. The third-order valence-electron chi connectivity index (χ3n) is 4.00. The van der Waals surface area contributed by atoms with E-state index in [0.717, 1.165) is 36.5 Å². The number of piperazine rings is 1. The lowest BCUT2D eigenvalue weighted by Crippen LogP contribution is -2.48. The largest absolute Gasteiger partial charge is 0.354 e. The van der Waals surface area contributed by atoms with Crippen LogP contribution in [-0.2, 0) is 4.79 Å². The number of anilines is 2. The van der Waals surface area contributed by atoms with Gasteiger partial charge in [-0.1, -0.05) is 29.3 Å². The van der Waals surface area contributed by atoms with Gasteiger partial charge in [-0.2, -0.15) is 0 Å². The molecule has 0 atom stereocenters. The topological polar surface area (TPSA) is 48.5 Å². The van der Waals surface area contributed by atoms with Gasteiger partial charge in [-0.3, -0.25) is 9.69 Å². The van der Waals surface area contributed by atoms with Crippen LogP contribution in [0.3, 0.4) is 0 Å². The minimum absolute atomic E-state index is 0.120. The van der Waals surface area contributed by atoms with E-state index in [2.05, 4.69) is 36.0 Å². The van der Waals surface area contributed by atoms with Gasteiger partial charge in [0.15, 0.2) is 0 Å². The number of hydrogen-bond acceptors (Lipinski definition) is 4. The van der Waals surface area contributed by atoms with Crippen LogP contribution in [0, 0.1) is 0 Å². The van der Waals surface area contributed by atoms with Gasteiger partial charge in [0.25, 0.3) is 0 Å². The number of nitrogens with zero attached hydrogens (tertiary/aromatic N) is 3. The molecule has 0 saturated carbocycles. The lowest BCUT2D eigenvalue weighted by Gasteiger charge is -2.35. The Labute approximate surface area is 165 Å². The van der Waals surface area contributed by atoms with Crippen molar-refractivity contribution in [1.82, 2.24) is 9.88 Å². The van der Waals surface area contributed by atoms with E-state index < -0.39 is 0 Å². The summed E-state index contributed by atoms with van der Waals surface area (Å²) in [5.41, 5.74) is 0.466. The average Bonchev–Trinajstić information content (AvgIpc) is 2.60. The molecule has 25 heavy (non-hydrogen) atoms. The first kappa shape index (κ1) is 18.5.